The Morgan fingerprint density at radius 2 is 1.83 bits per heavy atom. The van der Waals surface area contributed by atoms with Crippen LogP contribution in [0.2, 0.25) is 0 Å². The molecule has 1 N–H and O–H groups in total. The third-order valence-corrected chi connectivity index (χ3v) is 3.82. The van der Waals surface area contributed by atoms with Gasteiger partial charge in [0.15, 0.2) is 12.4 Å². The highest BCUT2D eigenvalue weighted by Crippen LogP contribution is 2.19. The number of aromatic nitrogens is 2. The summed E-state index contributed by atoms with van der Waals surface area (Å²) in [5, 5.41) is 0. The van der Waals surface area contributed by atoms with Gasteiger partial charge in [-0.2, -0.15) is 4.57 Å². The van der Waals surface area contributed by atoms with Crippen molar-refractivity contribution in [3.63, 3.8) is 0 Å². The molecule has 0 atom stereocenters. The molecule has 23 heavy (non-hydrogen) atoms. The Kier molecular flexibility index (Phi) is 4.83. The maximum absolute atomic E-state index is 12.5. The van der Waals surface area contributed by atoms with Gasteiger partial charge in [-0.15, -0.1) is 0 Å². The number of esters is 1. The van der Waals surface area contributed by atoms with E-state index in [1.165, 1.54) is 7.11 Å². The fraction of sp³-hybridized carbons (Fsp3) is 0.353. The van der Waals surface area contributed by atoms with Gasteiger partial charge in [0.25, 0.3) is 0 Å². The lowest BCUT2D eigenvalue weighted by Crippen LogP contribution is -2.37. The molecule has 0 saturated carbocycles. The number of hydrogen-bond acceptors (Lipinski definition) is 4. The van der Waals surface area contributed by atoms with E-state index in [1.54, 1.807) is 13.8 Å². The lowest BCUT2D eigenvalue weighted by atomic mass is 10.1. The van der Waals surface area contributed by atoms with Crippen molar-refractivity contribution in [1.29, 1.82) is 0 Å². The average molecular weight is 316 g/mol. The second-order valence-corrected chi connectivity index (χ2v) is 5.66. The number of hydrogen-bond donors (Lipinski definition) is 1. The first-order valence-electron chi connectivity index (χ1n) is 7.32. The Hall–Kier alpha value is -2.63. The number of carbonyl (C=O) groups is 2. The van der Waals surface area contributed by atoms with Crippen LogP contribution in [0.25, 0.3) is 0 Å². The molecule has 0 aliphatic carbocycles. The van der Waals surface area contributed by atoms with E-state index in [4.69, 9.17) is 4.74 Å². The highest BCUT2D eigenvalue weighted by atomic mass is 16.5. The molecule has 0 radical (unpaired) electrons. The average Bonchev–Trinajstić information content (AvgIpc) is 2.82. The molecule has 0 saturated heterocycles. The summed E-state index contributed by atoms with van der Waals surface area (Å²) in [6, 6.07) is 3.89. The predicted octanol–water partition coefficient (Wildman–Crippen LogP) is 1.65. The van der Waals surface area contributed by atoms with Crippen molar-refractivity contribution in [1.82, 2.24) is 4.98 Å². The molecule has 0 spiro atoms. The van der Waals surface area contributed by atoms with Gasteiger partial charge in [0, 0.05) is 37.6 Å². The fourth-order valence-electron chi connectivity index (χ4n) is 2.53. The fourth-order valence-corrected chi connectivity index (χ4v) is 2.53. The largest absolute Gasteiger partial charge is 0.465 e. The van der Waals surface area contributed by atoms with Crippen LogP contribution < -0.4 is 9.47 Å². The molecule has 0 aliphatic rings. The lowest BCUT2D eigenvalue weighted by molar-refractivity contribution is -0.683. The van der Waals surface area contributed by atoms with Crippen molar-refractivity contribution >= 4 is 17.4 Å². The Balaban J connectivity index is 2.23. The second-order valence-electron chi connectivity index (χ2n) is 5.66. The van der Waals surface area contributed by atoms with E-state index in [0.717, 1.165) is 5.69 Å². The minimum Gasteiger partial charge on any atom is -0.465 e. The molecule has 6 nitrogen and oxygen atoms in total. The molecule has 122 valence electrons. The first kappa shape index (κ1) is 16.7. The van der Waals surface area contributed by atoms with Crippen LogP contribution in [0.4, 0.5) is 5.69 Å². The first-order chi connectivity index (χ1) is 10.8. The van der Waals surface area contributed by atoms with Crippen LogP contribution >= 0.6 is 0 Å². The molecule has 2 rings (SSSR count). The van der Waals surface area contributed by atoms with Crippen LogP contribution in [-0.2, 0) is 11.3 Å². The van der Waals surface area contributed by atoms with E-state index in [1.807, 2.05) is 48.1 Å². The number of nitrogens with zero attached hydrogens (tertiary/aromatic N) is 2. The Labute approximate surface area is 135 Å². The number of aryl methyl sites for hydroxylation is 1. The van der Waals surface area contributed by atoms with Crippen molar-refractivity contribution in [2.24, 2.45) is 0 Å². The lowest BCUT2D eigenvalue weighted by Gasteiger charge is -2.10. The minimum absolute atomic E-state index is 0.0802. The van der Waals surface area contributed by atoms with E-state index < -0.39 is 5.97 Å². The molecule has 0 fully saturated rings. The summed E-state index contributed by atoms with van der Waals surface area (Å²) in [7, 11) is 5.26. The second kappa shape index (κ2) is 6.64. The Morgan fingerprint density at radius 1 is 1.22 bits per heavy atom. The van der Waals surface area contributed by atoms with Gasteiger partial charge in [0.1, 0.15) is 0 Å². The molecule has 0 bridgehead atoms. The van der Waals surface area contributed by atoms with Gasteiger partial charge in [-0.25, -0.2) is 4.79 Å². The number of ketones is 1. The molecular formula is C17H22N3O3+. The molecule has 2 aromatic heterocycles. The zero-order valence-electron chi connectivity index (χ0n) is 14.1. The van der Waals surface area contributed by atoms with Crippen molar-refractivity contribution in [3.8, 4) is 0 Å². The minimum atomic E-state index is -0.432. The highest BCUT2D eigenvalue weighted by Gasteiger charge is 2.24. The Bertz CT molecular complexity index is 730. The number of pyridine rings is 1. The molecule has 0 aliphatic heterocycles. The summed E-state index contributed by atoms with van der Waals surface area (Å²) in [6.07, 6.45) is 3.72. The maximum Gasteiger partial charge on any atom is 0.339 e. The van der Waals surface area contributed by atoms with E-state index in [0.29, 0.717) is 22.5 Å². The van der Waals surface area contributed by atoms with Crippen LogP contribution in [0.15, 0.2) is 24.5 Å². The smallest absolute Gasteiger partial charge is 0.339 e. The van der Waals surface area contributed by atoms with E-state index >= 15 is 0 Å². The molecular weight excluding hydrogens is 294 g/mol. The number of methoxy groups -OCH3 is 1. The van der Waals surface area contributed by atoms with Gasteiger partial charge in [-0.1, -0.05) is 0 Å². The third kappa shape index (κ3) is 3.41. The van der Waals surface area contributed by atoms with Crippen LogP contribution in [0.1, 0.15) is 32.1 Å². The maximum atomic E-state index is 12.5. The third-order valence-electron chi connectivity index (χ3n) is 3.82. The van der Waals surface area contributed by atoms with Gasteiger partial charge in [0.05, 0.1) is 18.4 Å². The highest BCUT2D eigenvalue weighted by molar-refractivity contribution is 6.00. The molecule has 0 amide bonds. The van der Waals surface area contributed by atoms with Gasteiger partial charge < -0.3 is 14.6 Å². The molecule has 0 unspecified atom stereocenters. The van der Waals surface area contributed by atoms with Crippen molar-refractivity contribution in [3.05, 3.63) is 47.0 Å². The Morgan fingerprint density at radius 3 is 2.35 bits per heavy atom. The predicted molar refractivity (Wildman–Crippen MR) is 86.9 cm³/mol. The quantitative estimate of drug-likeness (QED) is 0.517. The number of Topliss-reactive ketones (excluding diaryl/α,β-unsaturated/α-hetero) is 1. The summed E-state index contributed by atoms with van der Waals surface area (Å²) in [5.41, 5.74) is 3.22. The number of ether oxygens (including phenoxy) is 1. The van der Waals surface area contributed by atoms with Gasteiger partial charge in [-0.05, 0) is 19.4 Å². The number of rotatable bonds is 5. The topological polar surface area (TPSA) is 66.3 Å². The van der Waals surface area contributed by atoms with Crippen molar-refractivity contribution < 1.29 is 18.9 Å². The molecule has 2 aromatic rings. The van der Waals surface area contributed by atoms with E-state index in [2.05, 4.69) is 4.98 Å². The first-order valence-corrected chi connectivity index (χ1v) is 7.32. The normalized spacial score (nSPS) is 10.5. The zero-order chi connectivity index (χ0) is 17.1. The van der Waals surface area contributed by atoms with Crippen molar-refractivity contribution in [2.45, 2.75) is 20.4 Å². The number of aromatic amines is 1. The molecule has 2 heterocycles. The van der Waals surface area contributed by atoms with Crippen LogP contribution in [0.3, 0.4) is 0 Å². The van der Waals surface area contributed by atoms with Crippen molar-refractivity contribution in [2.75, 3.05) is 26.1 Å². The number of nitrogens with one attached hydrogen (secondary N) is 1. The monoisotopic (exact) mass is 316 g/mol. The summed E-state index contributed by atoms with van der Waals surface area (Å²) in [5.74, 6) is -0.512. The summed E-state index contributed by atoms with van der Waals surface area (Å²) >= 11 is 0. The molecule has 6 heteroatoms. The number of anilines is 1. The van der Waals surface area contributed by atoms with E-state index in [9.17, 15) is 9.59 Å². The SMILES string of the molecule is COC(=O)c1c(C)[nH]c(C(=O)C[n+]2ccc(N(C)C)cc2)c1C. The van der Waals surface area contributed by atoms with Gasteiger partial charge in [0.2, 0.25) is 12.3 Å². The summed E-state index contributed by atoms with van der Waals surface area (Å²) < 4.78 is 6.57. The number of carbonyl (C=O) groups excluding carboxylic acids is 2. The van der Waals surface area contributed by atoms with Crippen LogP contribution in [-0.4, -0.2) is 37.9 Å². The standard InChI is InChI=1S/C17H21N3O3/c1-11-15(17(22)23-5)12(2)18-16(11)14(21)10-20-8-6-13(7-9-20)19(3)4/h6-9H,10H2,1-5H3/p+1. The van der Waals surface area contributed by atoms with Gasteiger partial charge in [-0.3, -0.25) is 4.79 Å². The van der Waals surface area contributed by atoms with E-state index in [-0.39, 0.29) is 12.3 Å². The molecule has 0 aromatic carbocycles. The number of H-pyrrole nitrogens is 1. The zero-order valence-corrected chi connectivity index (χ0v) is 14.1. The van der Waals surface area contributed by atoms with Crippen LogP contribution in [0, 0.1) is 13.8 Å². The van der Waals surface area contributed by atoms with Gasteiger partial charge >= 0.3 is 5.97 Å². The summed E-state index contributed by atoms with van der Waals surface area (Å²) in [6.45, 7) is 3.72. The van der Waals surface area contributed by atoms with Crippen LogP contribution in [0.5, 0.6) is 0 Å². The summed E-state index contributed by atoms with van der Waals surface area (Å²) in [4.78, 5) is 29.3.